The molecule has 4 heteroatoms. The number of ether oxygens (including phenoxy) is 1. The molecule has 0 radical (unpaired) electrons. The van der Waals surface area contributed by atoms with Crippen molar-refractivity contribution < 1.29 is 9.53 Å². The standard InChI is InChI=1S/C12H12BrNO2/c1-16-12(15)14-9-5-6-10-8(7-9)3-2-4-11(10)13/h2-4H,5-7H2,1H3. The maximum Gasteiger partial charge on any atom is 0.433 e. The molecular formula is C12H12BrNO2. The molecular weight excluding hydrogens is 270 g/mol. The van der Waals surface area contributed by atoms with Gasteiger partial charge in [0.15, 0.2) is 0 Å². The number of amides is 1. The number of benzene rings is 1. The van der Waals surface area contributed by atoms with E-state index in [-0.39, 0.29) is 0 Å². The SMILES string of the molecule is COC(=O)N=C1CCc2c(Br)cccc2C1. The minimum Gasteiger partial charge on any atom is -0.451 e. The predicted molar refractivity (Wildman–Crippen MR) is 66.0 cm³/mol. The van der Waals surface area contributed by atoms with E-state index >= 15 is 0 Å². The zero-order chi connectivity index (χ0) is 11.5. The highest BCUT2D eigenvalue weighted by Crippen LogP contribution is 2.27. The van der Waals surface area contributed by atoms with Crippen LogP contribution in [-0.4, -0.2) is 18.9 Å². The molecule has 2 rings (SSSR count). The van der Waals surface area contributed by atoms with Gasteiger partial charge in [0.05, 0.1) is 7.11 Å². The van der Waals surface area contributed by atoms with Gasteiger partial charge in [-0.05, 0) is 30.0 Å². The molecule has 1 amide bonds. The van der Waals surface area contributed by atoms with Crippen molar-refractivity contribution in [2.75, 3.05) is 7.11 Å². The third-order valence-electron chi connectivity index (χ3n) is 2.70. The van der Waals surface area contributed by atoms with Crippen molar-refractivity contribution in [1.29, 1.82) is 0 Å². The molecule has 16 heavy (non-hydrogen) atoms. The normalized spacial score (nSPS) is 17.0. The number of nitrogens with zero attached hydrogens (tertiary/aromatic N) is 1. The van der Waals surface area contributed by atoms with E-state index in [4.69, 9.17) is 0 Å². The van der Waals surface area contributed by atoms with Gasteiger partial charge in [-0.25, -0.2) is 4.79 Å². The van der Waals surface area contributed by atoms with E-state index in [1.54, 1.807) is 0 Å². The van der Waals surface area contributed by atoms with Gasteiger partial charge in [0, 0.05) is 16.6 Å². The lowest BCUT2D eigenvalue weighted by Gasteiger charge is -2.18. The van der Waals surface area contributed by atoms with Gasteiger partial charge in [0.2, 0.25) is 0 Å². The van der Waals surface area contributed by atoms with E-state index in [0.717, 1.165) is 29.4 Å². The van der Waals surface area contributed by atoms with Crippen LogP contribution in [0.3, 0.4) is 0 Å². The fourth-order valence-corrected chi connectivity index (χ4v) is 2.50. The van der Waals surface area contributed by atoms with Crippen LogP contribution in [0, 0.1) is 0 Å². The predicted octanol–water partition coefficient (Wildman–Crippen LogP) is 3.15. The number of carbonyl (C=O) groups excluding carboxylic acids is 1. The van der Waals surface area contributed by atoms with Crippen LogP contribution in [0.25, 0.3) is 0 Å². The van der Waals surface area contributed by atoms with Crippen molar-refractivity contribution in [2.45, 2.75) is 19.3 Å². The second kappa shape index (κ2) is 4.78. The molecule has 3 nitrogen and oxygen atoms in total. The molecule has 0 heterocycles. The minimum atomic E-state index is -0.506. The van der Waals surface area contributed by atoms with Gasteiger partial charge < -0.3 is 4.74 Å². The third kappa shape index (κ3) is 2.32. The Balaban J connectivity index is 2.25. The van der Waals surface area contributed by atoms with Crippen LogP contribution in [0.5, 0.6) is 0 Å². The lowest BCUT2D eigenvalue weighted by molar-refractivity contribution is 0.182. The van der Waals surface area contributed by atoms with Gasteiger partial charge in [0.25, 0.3) is 0 Å². The van der Waals surface area contributed by atoms with Crippen LogP contribution in [0.4, 0.5) is 4.79 Å². The molecule has 0 spiro atoms. The molecule has 1 aromatic carbocycles. The molecule has 0 fully saturated rings. The Labute approximate surface area is 103 Å². The zero-order valence-corrected chi connectivity index (χ0v) is 10.6. The Kier molecular flexibility index (Phi) is 3.39. The highest BCUT2D eigenvalue weighted by molar-refractivity contribution is 9.10. The second-order valence-corrected chi connectivity index (χ2v) is 4.56. The second-order valence-electron chi connectivity index (χ2n) is 3.70. The summed E-state index contributed by atoms with van der Waals surface area (Å²) >= 11 is 3.53. The summed E-state index contributed by atoms with van der Waals surface area (Å²) < 4.78 is 5.67. The smallest absolute Gasteiger partial charge is 0.433 e. The lowest BCUT2D eigenvalue weighted by Crippen LogP contribution is -2.15. The van der Waals surface area contributed by atoms with Gasteiger partial charge in [-0.15, -0.1) is 0 Å². The average molecular weight is 282 g/mol. The molecule has 0 unspecified atom stereocenters. The van der Waals surface area contributed by atoms with Crippen LogP contribution in [-0.2, 0) is 17.6 Å². The van der Waals surface area contributed by atoms with E-state index in [1.807, 2.05) is 12.1 Å². The molecule has 84 valence electrons. The van der Waals surface area contributed by atoms with Crippen LogP contribution in [0.15, 0.2) is 27.7 Å². The van der Waals surface area contributed by atoms with Crippen LogP contribution in [0.1, 0.15) is 17.5 Å². The first-order chi connectivity index (χ1) is 7.70. The van der Waals surface area contributed by atoms with Gasteiger partial charge in [0.1, 0.15) is 0 Å². The number of aliphatic imine (C=N–C) groups is 1. The molecule has 1 aliphatic carbocycles. The van der Waals surface area contributed by atoms with E-state index in [1.165, 1.54) is 18.2 Å². The number of halogens is 1. The largest absolute Gasteiger partial charge is 0.451 e. The van der Waals surface area contributed by atoms with Crippen molar-refractivity contribution in [3.8, 4) is 0 Å². The van der Waals surface area contributed by atoms with Crippen molar-refractivity contribution in [3.63, 3.8) is 0 Å². The molecule has 0 N–H and O–H groups in total. The van der Waals surface area contributed by atoms with E-state index in [2.05, 4.69) is 31.7 Å². The number of carbonyl (C=O) groups is 1. The van der Waals surface area contributed by atoms with Crippen molar-refractivity contribution in [1.82, 2.24) is 0 Å². The molecule has 1 aliphatic rings. The summed E-state index contributed by atoms with van der Waals surface area (Å²) in [7, 11) is 1.35. The summed E-state index contributed by atoms with van der Waals surface area (Å²) in [5.41, 5.74) is 3.46. The number of hydrogen-bond acceptors (Lipinski definition) is 2. The molecule has 0 saturated carbocycles. The first-order valence-corrected chi connectivity index (χ1v) is 5.90. The van der Waals surface area contributed by atoms with Crippen LogP contribution < -0.4 is 0 Å². The Morgan fingerprint density at radius 3 is 3.00 bits per heavy atom. The minimum absolute atomic E-state index is 0.506. The van der Waals surface area contributed by atoms with Gasteiger partial charge in [-0.2, -0.15) is 4.99 Å². The Hall–Kier alpha value is -1.16. The van der Waals surface area contributed by atoms with Crippen LogP contribution >= 0.6 is 15.9 Å². The first kappa shape index (κ1) is 11.3. The number of methoxy groups -OCH3 is 1. The van der Waals surface area contributed by atoms with E-state index in [0.29, 0.717) is 0 Å². The molecule has 0 bridgehead atoms. The highest BCUT2D eigenvalue weighted by Gasteiger charge is 2.16. The van der Waals surface area contributed by atoms with Crippen molar-refractivity contribution in [3.05, 3.63) is 33.8 Å². The summed E-state index contributed by atoms with van der Waals surface area (Å²) in [6, 6.07) is 6.12. The number of hydrogen-bond donors (Lipinski definition) is 0. The fraction of sp³-hybridized carbons (Fsp3) is 0.333. The van der Waals surface area contributed by atoms with Crippen molar-refractivity contribution in [2.24, 2.45) is 4.99 Å². The summed E-state index contributed by atoms with van der Waals surface area (Å²) in [6.07, 6.45) is 1.98. The number of fused-ring (bicyclic) bond motifs is 1. The quantitative estimate of drug-likeness (QED) is 0.733. The summed E-state index contributed by atoms with van der Waals surface area (Å²) in [4.78, 5) is 15.0. The molecule has 0 aromatic heterocycles. The fourth-order valence-electron chi connectivity index (χ4n) is 1.90. The lowest BCUT2D eigenvalue weighted by atomic mass is 9.90. The summed E-state index contributed by atoms with van der Waals surface area (Å²) in [6.45, 7) is 0. The maximum atomic E-state index is 11.0. The Morgan fingerprint density at radius 1 is 1.44 bits per heavy atom. The van der Waals surface area contributed by atoms with Gasteiger partial charge in [-0.1, -0.05) is 28.1 Å². The average Bonchev–Trinajstić information content (AvgIpc) is 2.29. The molecule has 0 saturated heterocycles. The molecule has 1 aromatic rings. The topological polar surface area (TPSA) is 38.7 Å². The third-order valence-corrected chi connectivity index (χ3v) is 3.44. The number of rotatable bonds is 0. The summed E-state index contributed by atoms with van der Waals surface area (Å²) in [5, 5.41) is 0. The van der Waals surface area contributed by atoms with Crippen LogP contribution in [0.2, 0.25) is 0 Å². The summed E-state index contributed by atoms with van der Waals surface area (Å²) in [5.74, 6) is 0. The van der Waals surface area contributed by atoms with Gasteiger partial charge in [-0.3, -0.25) is 0 Å². The van der Waals surface area contributed by atoms with E-state index < -0.39 is 6.09 Å². The Bertz CT molecular complexity index is 454. The van der Waals surface area contributed by atoms with Gasteiger partial charge >= 0.3 is 6.09 Å². The molecule has 0 atom stereocenters. The maximum absolute atomic E-state index is 11.0. The van der Waals surface area contributed by atoms with Crippen molar-refractivity contribution >= 4 is 27.7 Å². The monoisotopic (exact) mass is 281 g/mol. The first-order valence-electron chi connectivity index (χ1n) is 5.11. The zero-order valence-electron chi connectivity index (χ0n) is 9.00. The highest BCUT2D eigenvalue weighted by atomic mass is 79.9. The van der Waals surface area contributed by atoms with E-state index in [9.17, 15) is 4.79 Å². The Morgan fingerprint density at radius 2 is 2.25 bits per heavy atom. The molecule has 0 aliphatic heterocycles.